The largest absolute Gasteiger partial charge is 0.388 e. The van der Waals surface area contributed by atoms with Gasteiger partial charge >= 0.3 is 0 Å². The van der Waals surface area contributed by atoms with Crippen LogP contribution in [0.15, 0.2) is 36.5 Å². The average Bonchev–Trinajstić information content (AvgIpc) is 2.47. The van der Waals surface area contributed by atoms with E-state index in [-0.39, 0.29) is 0 Å². The zero-order chi connectivity index (χ0) is 13.7. The lowest BCUT2D eigenvalue weighted by atomic mass is 10.0. The van der Waals surface area contributed by atoms with Crippen molar-refractivity contribution in [2.45, 2.75) is 26.4 Å². The highest BCUT2D eigenvalue weighted by atomic mass is 16.3. The van der Waals surface area contributed by atoms with Gasteiger partial charge in [-0.2, -0.15) is 0 Å². The predicted molar refractivity (Wildman–Crippen MR) is 79.1 cm³/mol. The van der Waals surface area contributed by atoms with Crippen molar-refractivity contribution in [1.29, 1.82) is 0 Å². The second-order valence-electron chi connectivity index (χ2n) is 4.79. The van der Waals surface area contributed by atoms with Crippen molar-refractivity contribution in [2.75, 3.05) is 19.6 Å². The van der Waals surface area contributed by atoms with Gasteiger partial charge in [0.05, 0.1) is 11.6 Å². The molecule has 3 heteroatoms. The molecule has 19 heavy (non-hydrogen) atoms. The third-order valence-corrected chi connectivity index (χ3v) is 3.63. The lowest BCUT2D eigenvalue weighted by Crippen LogP contribution is -2.25. The van der Waals surface area contributed by atoms with Crippen molar-refractivity contribution in [2.24, 2.45) is 0 Å². The molecule has 1 unspecified atom stereocenters. The van der Waals surface area contributed by atoms with Gasteiger partial charge in [-0.15, -0.1) is 0 Å². The summed E-state index contributed by atoms with van der Waals surface area (Å²) in [6.45, 7) is 7.30. The van der Waals surface area contributed by atoms with Crippen molar-refractivity contribution >= 4 is 10.9 Å². The summed E-state index contributed by atoms with van der Waals surface area (Å²) in [5, 5.41) is 11.4. The molecule has 0 bridgehead atoms. The van der Waals surface area contributed by atoms with Gasteiger partial charge in [-0.25, -0.2) is 0 Å². The number of hydrogen-bond donors (Lipinski definition) is 1. The molecule has 0 aliphatic rings. The monoisotopic (exact) mass is 258 g/mol. The molecule has 1 heterocycles. The molecule has 3 nitrogen and oxygen atoms in total. The highest BCUT2D eigenvalue weighted by Crippen LogP contribution is 2.21. The number of aliphatic hydroxyl groups excluding tert-OH is 1. The number of pyridine rings is 1. The number of aliphatic hydroxyl groups is 1. The van der Waals surface area contributed by atoms with Gasteiger partial charge in [0.1, 0.15) is 0 Å². The van der Waals surface area contributed by atoms with Gasteiger partial charge in [-0.1, -0.05) is 26.0 Å². The quantitative estimate of drug-likeness (QED) is 0.865. The van der Waals surface area contributed by atoms with Gasteiger partial charge in [0.25, 0.3) is 0 Å². The van der Waals surface area contributed by atoms with Crippen molar-refractivity contribution in [1.82, 2.24) is 9.88 Å². The Morgan fingerprint density at radius 2 is 2.00 bits per heavy atom. The minimum atomic E-state index is -0.398. The third kappa shape index (κ3) is 3.52. The molecule has 1 atom stereocenters. The van der Waals surface area contributed by atoms with E-state index in [1.807, 2.05) is 30.3 Å². The molecule has 0 aliphatic heterocycles. The molecule has 102 valence electrons. The Morgan fingerprint density at radius 1 is 1.21 bits per heavy atom. The van der Waals surface area contributed by atoms with E-state index in [4.69, 9.17) is 0 Å². The van der Waals surface area contributed by atoms with Crippen LogP contribution in [0.2, 0.25) is 0 Å². The molecule has 0 fully saturated rings. The van der Waals surface area contributed by atoms with Crippen LogP contribution in [0.3, 0.4) is 0 Å². The first-order valence-electron chi connectivity index (χ1n) is 6.99. The number of nitrogens with zero attached hydrogens (tertiary/aromatic N) is 2. The molecule has 2 rings (SSSR count). The topological polar surface area (TPSA) is 36.4 Å². The molecule has 0 saturated carbocycles. The Balaban J connectivity index is 2.06. The van der Waals surface area contributed by atoms with E-state index >= 15 is 0 Å². The summed E-state index contributed by atoms with van der Waals surface area (Å²) in [7, 11) is 0. The maximum atomic E-state index is 10.3. The third-order valence-electron chi connectivity index (χ3n) is 3.63. The van der Waals surface area contributed by atoms with Crippen LogP contribution in [0.4, 0.5) is 0 Å². The van der Waals surface area contributed by atoms with Crippen molar-refractivity contribution in [3.05, 3.63) is 42.1 Å². The molecular formula is C16H22N2O. The molecule has 2 aromatic rings. The lowest BCUT2D eigenvalue weighted by molar-refractivity contribution is 0.145. The first-order valence-corrected chi connectivity index (χ1v) is 6.99. The van der Waals surface area contributed by atoms with E-state index in [0.29, 0.717) is 0 Å². The first kappa shape index (κ1) is 14.0. The molecular weight excluding hydrogens is 236 g/mol. The van der Waals surface area contributed by atoms with Crippen LogP contribution in [0.25, 0.3) is 10.9 Å². The smallest absolute Gasteiger partial charge is 0.0802 e. The van der Waals surface area contributed by atoms with Gasteiger partial charge in [0.15, 0.2) is 0 Å². The summed E-state index contributed by atoms with van der Waals surface area (Å²) >= 11 is 0. The number of aromatic nitrogens is 1. The highest BCUT2D eigenvalue weighted by Gasteiger charge is 2.10. The molecule has 0 radical (unpaired) electrons. The zero-order valence-electron chi connectivity index (χ0n) is 11.7. The molecule has 0 saturated heterocycles. The maximum absolute atomic E-state index is 10.3. The minimum Gasteiger partial charge on any atom is -0.388 e. The van der Waals surface area contributed by atoms with E-state index in [0.717, 1.165) is 42.5 Å². The summed E-state index contributed by atoms with van der Waals surface area (Å²) in [4.78, 5) is 6.62. The van der Waals surface area contributed by atoms with E-state index in [1.54, 1.807) is 6.20 Å². The number of benzene rings is 1. The molecule has 1 aromatic carbocycles. The van der Waals surface area contributed by atoms with Crippen LogP contribution >= 0.6 is 0 Å². The van der Waals surface area contributed by atoms with Crippen LogP contribution < -0.4 is 0 Å². The van der Waals surface area contributed by atoms with Crippen molar-refractivity contribution < 1.29 is 5.11 Å². The zero-order valence-corrected chi connectivity index (χ0v) is 11.7. The SMILES string of the molecule is CCN(CC)CCC(O)c1ccc2ncccc2c1. The summed E-state index contributed by atoms with van der Waals surface area (Å²) in [5.41, 5.74) is 1.95. The van der Waals surface area contributed by atoms with E-state index in [1.165, 1.54) is 0 Å². The molecule has 0 spiro atoms. The van der Waals surface area contributed by atoms with Gasteiger partial charge in [-0.3, -0.25) is 4.98 Å². The number of fused-ring (bicyclic) bond motifs is 1. The van der Waals surface area contributed by atoms with Crippen LogP contribution in [-0.4, -0.2) is 34.6 Å². The summed E-state index contributed by atoms with van der Waals surface area (Å²) < 4.78 is 0. The molecule has 1 aromatic heterocycles. The Hall–Kier alpha value is -1.45. The summed E-state index contributed by atoms with van der Waals surface area (Å²) in [6, 6.07) is 9.94. The van der Waals surface area contributed by atoms with E-state index in [9.17, 15) is 5.11 Å². The van der Waals surface area contributed by atoms with Crippen molar-refractivity contribution in [3.8, 4) is 0 Å². The van der Waals surface area contributed by atoms with Crippen LogP contribution in [0, 0.1) is 0 Å². The standard InChI is InChI=1S/C16H22N2O/c1-3-18(4-2)11-9-16(19)14-7-8-15-13(12-14)6-5-10-17-15/h5-8,10,12,16,19H,3-4,9,11H2,1-2H3. The van der Waals surface area contributed by atoms with E-state index < -0.39 is 6.10 Å². The second kappa shape index (κ2) is 6.64. The van der Waals surface area contributed by atoms with Crippen LogP contribution in [0.5, 0.6) is 0 Å². The van der Waals surface area contributed by atoms with Crippen LogP contribution in [-0.2, 0) is 0 Å². The number of rotatable bonds is 6. The minimum absolute atomic E-state index is 0.398. The van der Waals surface area contributed by atoms with E-state index in [2.05, 4.69) is 23.7 Å². The lowest BCUT2D eigenvalue weighted by Gasteiger charge is -2.20. The fraction of sp³-hybridized carbons (Fsp3) is 0.438. The number of hydrogen-bond acceptors (Lipinski definition) is 3. The van der Waals surface area contributed by atoms with Gasteiger partial charge < -0.3 is 10.0 Å². The highest BCUT2D eigenvalue weighted by molar-refractivity contribution is 5.78. The Labute approximate surface area is 114 Å². The average molecular weight is 258 g/mol. The fourth-order valence-electron chi connectivity index (χ4n) is 2.31. The normalized spacial score (nSPS) is 13.1. The first-order chi connectivity index (χ1) is 9.24. The maximum Gasteiger partial charge on any atom is 0.0802 e. The predicted octanol–water partition coefficient (Wildman–Crippen LogP) is 3.00. The molecule has 1 N–H and O–H groups in total. The second-order valence-corrected chi connectivity index (χ2v) is 4.79. The Morgan fingerprint density at radius 3 is 2.74 bits per heavy atom. The summed E-state index contributed by atoms with van der Waals surface area (Å²) in [6.07, 6.45) is 2.16. The van der Waals surface area contributed by atoms with Crippen LogP contribution in [0.1, 0.15) is 31.9 Å². The van der Waals surface area contributed by atoms with Gasteiger partial charge in [0, 0.05) is 18.1 Å². The fourth-order valence-corrected chi connectivity index (χ4v) is 2.31. The van der Waals surface area contributed by atoms with Gasteiger partial charge in [-0.05, 0) is 43.3 Å². The molecule has 0 aliphatic carbocycles. The molecule has 0 amide bonds. The van der Waals surface area contributed by atoms with Crippen molar-refractivity contribution in [3.63, 3.8) is 0 Å². The Bertz CT molecular complexity index is 523. The van der Waals surface area contributed by atoms with Gasteiger partial charge in [0.2, 0.25) is 0 Å². The summed E-state index contributed by atoms with van der Waals surface area (Å²) in [5.74, 6) is 0. The Kier molecular flexibility index (Phi) is 4.88.